The molecule has 3 aromatic heterocycles. The Bertz CT molecular complexity index is 1410. The van der Waals surface area contributed by atoms with Crippen LogP contribution in [0.2, 0.25) is 0 Å². The van der Waals surface area contributed by atoms with E-state index in [1.807, 2.05) is 24.4 Å². The van der Waals surface area contributed by atoms with Crippen molar-refractivity contribution in [3.05, 3.63) is 66.5 Å². The van der Waals surface area contributed by atoms with Crippen molar-refractivity contribution < 1.29 is 18.3 Å². The number of hydrogen-bond acceptors (Lipinski definition) is 8. The number of anilines is 4. The first-order valence-electron chi connectivity index (χ1n) is 12.3. The summed E-state index contributed by atoms with van der Waals surface area (Å²) in [5.41, 5.74) is 3.43. The van der Waals surface area contributed by atoms with Gasteiger partial charge in [-0.1, -0.05) is 6.07 Å². The van der Waals surface area contributed by atoms with Gasteiger partial charge in [0.15, 0.2) is 5.82 Å². The fourth-order valence-corrected chi connectivity index (χ4v) is 4.74. The fraction of sp³-hybridized carbons (Fsp3) is 0.296. The van der Waals surface area contributed by atoms with Gasteiger partial charge in [-0.2, -0.15) is 0 Å². The van der Waals surface area contributed by atoms with Crippen molar-refractivity contribution in [1.82, 2.24) is 15.0 Å². The average Bonchev–Trinajstić information content (AvgIpc) is 2.94. The Morgan fingerprint density at radius 3 is 2.27 bits per heavy atom. The number of rotatable bonds is 5. The number of ether oxygens (including phenoxy) is 2. The SMILES string of the molecule is Fc1cc(F)c2c(Nc3cc(N4CCOCC4)cnc3N3CCOCC3)cc(-c3ccccn3)nc2c1. The van der Waals surface area contributed by atoms with Crippen LogP contribution in [0.5, 0.6) is 0 Å². The minimum atomic E-state index is -0.692. The normalized spacial score (nSPS) is 16.3. The number of morpholine rings is 2. The van der Waals surface area contributed by atoms with Gasteiger partial charge in [-0.25, -0.2) is 18.7 Å². The van der Waals surface area contributed by atoms with Gasteiger partial charge < -0.3 is 24.6 Å². The molecule has 0 atom stereocenters. The highest BCUT2D eigenvalue weighted by Crippen LogP contribution is 2.36. The lowest BCUT2D eigenvalue weighted by Crippen LogP contribution is -2.38. The van der Waals surface area contributed by atoms with Gasteiger partial charge in [0.1, 0.15) is 11.6 Å². The molecule has 0 aliphatic carbocycles. The summed E-state index contributed by atoms with van der Waals surface area (Å²) >= 11 is 0. The van der Waals surface area contributed by atoms with E-state index in [1.165, 1.54) is 6.07 Å². The third-order valence-electron chi connectivity index (χ3n) is 6.56. The van der Waals surface area contributed by atoms with Gasteiger partial charge in [-0.15, -0.1) is 0 Å². The van der Waals surface area contributed by atoms with Gasteiger partial charge in [0.05, 0.1) is 72.0 Å². The van der Waals surface area contributed by atoms with Gasteiger partial charge in [0.25, 0.3) is 0 Å². The molecule has 2 fully saturated rings. The molecule has 0 bridgehead atoms. The van der Waals surface area contributed by atoms with Crippen molar-refractivity contribution in [3.63, 3.8) is 0 Å². The van der Waals surface area contributed by atoms with E-state index in [2.05, 4.69) is 25.1 Å². The van der Waals surface area contributed by atoms with Crippen LogP contribution in [0.3, 0.4) is 0 Å². The lowest BCUT2D eigenvalue weighted by atomic mass is 10.1. The number of fused-ring (bicyclic) bond motifs is 1. The number of halogens is 2. The quantitative estimate of drug-likeness (QED) is 0.429. The highest BCUT2D eigenvalue weighted by molar-refractivity contribution is 5.97. The zero-order valence-corrected chi connectivity index (χ0v) is 20.2. The Balaban J connectivity index is 1.49. The molecular weight excluding hydrogens is 478 g/mol. The predicted octanol–water partition coefficient (Wildman–Crippen LogP) is 4.39. The maximum atomic E-state index is 15.2. The lowest BCUT2D eigenvalue weighted by molar-refractivity contribution is 0.122. The molecule has 37 heavy (non-hydrogen) atoms. The van der Waals surface area contributed by atoms with E-state index in [-0.39, 0.29) is 10.9 Å². The molecule has 6 rings (SSSR count). The maximum absolute atomic E-state index is 15.2. The van der Waals surface area contributed by atoms with E-state index in [9.17, 15) is 4.39 Å². The summed E-state index contributed by atoms with van der Waals surface area (Å²) in [4.78, 5) is 18.1. The zero-order chi connectivity index (χ0) is 25.2. The van der Waals surface area contributed by atoms with E-state index in [0.29, 0.717) is 62.3 Å². The van der Waals surface area contributed by atoms with Crippen molar-refractivity contribution in [2.24, 2.45) is 0 Å². The minimum absolute atomic E-state index is 0.200. The van der Waals surface area contributed by atoms with Crippen LogP contribution in [0.1, 0.15) is 0 Å². The number of benzene rings is 1. The molecule has 5 heterocycles. The number of nitrogens with one attached hydrogen (secondary N) is 1. The minimum Gasteiger partial charge on any atom is -0.378 e. The third-order valence-corrected chi connectivity index (χ3v) is 6.56. The largest absolute Gasteiger partial charge is 0.378 e. The molecule has 0 amide bonds. The molecule has 0 spiro atoms. The van der Waals surface area contributed by atoms with Crippen molar-refractivity contribution in [3.8, 4) is 11.4 Å². The molecule has 1 N–H and O–H groups in total. The topological polar surface area (TPSA) is 75.6 Å². The van der Waals surface area contributed by atoms with Gasteiger partial charge in [0, 0.05) is 44.5 Å². The van der Waals surface area contributed by atoms with E-state index >= 15 is 4.39 Å². The number of nitrogens with zero attached hydrogens (tertiary/aromatic N) is 5. The molecular formula is C27H26F2N6O2. The molecule has 2 aliphatic heterocycles. The molecule has 4 aromatic rings. The van der Waals surface area contributed by atoms with E-state index < -0.39 is 11.6 Å². The molecule has 0 saturated carbocycles. The van der Waals surface area contributed by atoms with Crippen LogP contribution in [0.25, 0.3) is 22.3 Å². The van der Waals surface area contributed by atoms with Crippen molar-refractivity contribution in [2.75, 3.05) is 67.7 Å². The number of pyridine rings is 3. The zero-order valence-electron chi connectivity index (χ0n) is 20.2. The van der Waals surface area contributed by atoms with Crippen molar-refractivity contribution in [2.45, 2.75) is 0 Å². The summed E-state index contributed by atoms with van der Waals surface area (Å²) in [7, 11) is 0. The van der Waals surface area contributed by atoms with Crippen molar-refractivity contribution in [1.29, 1.82) is 0 Å². The first-order valence-corrected chi connectivity index (χ1v) is 12.3. The molecule has 2 aliphatic rings. The summed E-state index contributed by atoms with van der Waals surface area (Å²) in [5, 5.41) is 3.63. The second-order valence-electron chi connectivity index (χ2n) is 8.94. The monoisotopic (exact) mass is 504 g/mol. The van der Waals surface area contributed by atoms with Crippen LogP contribution < -0.4 is 15.1 Å². The molecule has 0 unspecified atom stereocenters. The number of aromatic nitrogens is 3. The van der Waals surface area contributed by atoms with Gasteiger partial charge in [0.2, 0.25) is 0 Å². The Morgan fingerprint density at radius 2 is 1.54 bits per heavy atom. The summed E-state index contributed by atoms with van der Waals surface area (Å²) in [6.07, 6.45) is 3.52. The summed E-state index contributed by atoms with van der Waals surface area (Å²) in [5.74, 6) is -0.637. The Hall–Kier alpha value is -3.89. The van der Waals surface area contributed by atoms with Crippen LogP contribution in [0.4, 0.5) is 31.7 Å². The Labute approximate surface area is 212 Å². The lowest BCUT2D eigenvalue weighted by Gasteiger charge is -2.32. The number of hydrogen-bond donors (Lipinski definition) is 1. The van der Waals surface area contributed by atoms with Crippen LogP contribution in [-0.4, -0.2) is 67.6 Å². The van der Waals surface area contributed by atoms with Crippen LogP contribution in [0.15, 0.2) is 54.9 Å². The Kier molecular flexibility index (Phi) is 6.50. The molecule has 8 nitrogen and oxygen atoms in total. The first kappa shape index (κ1) is 23.5. The second-order valence-corrected chi connectivity index (χ2v) is 8.94. The van der Waals surface area contributed by atoms with Gasteiger partial charge >= 0.3 is 0 Å². The highest BCUT2D eigenvalue weighted by atomic mass is 19.1. The summed E-state index contributed by atoms with van der Waals surface area (Å²) < 4.78 is 40.4. The van der Waals surface area contributed by atoms with Crippen LogP contribution >= 0.6 is 0 Å². The summed E-state index contributed by atoms with van der Waals surface area (Å²) in [6.45, 7) is 5.38. The average molecular weight is 505 g/mol. The van der Waals surface area contributed by atoms with Crippen LogP contribution in [0, 0.1) is 11.6 Å². The standard InChI is InChI=1S/C27H26F2N6O2/c28-18-13-20(29)26-23(14-18)32-22(21-3-1-2-4-30-21)16-24(26)33-25-15-19(34-5-9-36-10-6-34)17-31-27(25)35-7-11-37-12-8-35/h1-4,13-17H,5-12H2,(H,32,33). The molecule has 190 valence electrons. The maximum Gasteiger partial charge on any atom is 0.152 e. The fourth-order valence-electron chi connectivity index (χ4n) is 4.74. The first-order chi connectivity index (χ1) is 18.2. The molecule has 2 saturated heterocycles. The van der Waals surface area contributed by atoms with Crippen molar-refractivity contribution >= 4 is 33.8 Å². The summed E-state index contributed by atoms with van der Waals surface area (Å²) in [6, 6.07) is 11.4. The molecule has 0 radical (unpaired) electrons. The van der Waals surface area contributed by atoms with Gasteiger partial charge in [-0.3, -0.25) is 4.98 Å². The van der Waals surface area contributed by atoms with E-state index in [0.717, 1.165) is 30.7 Å². The molecule has 1 aromatic carbocycles. The molecule has 10 heteroatoms. The highest BCUT2D eigenvalue weighted by Gasteiger charge is 2.21. The van der Waals surface area contributed by atoms with Crippen LogP contribution in [-0.2, 0) is 9.47 Å². The van der Waals surface area contributed by atoms with E-state index in [4.69, 9.17) is 14.5 Å². The van der Waals surface area contributed by atoms with Gasteiger partial charge in [-0.05, 0) is 24.3 Å². The third kappa shape index (κ3) is 4.90. The second kappa shape index (κ2) is 10.2. The van der Waals surface area contributed by atoms with E-state index in [1.54, 1.807) is 18.3 Å². The predicted molar refractivity (Wildman–Crippen MR) is 138 cm³/mol. The Morgan fingerprint density at radius 1 is 0.784 bits per heavy atom. The smallest absolute Gasteiger partial charge is 0.152 e.